The van der Waals surface area contributed by atoms with Crippen LogP contribution in [0.15, 0.2) is 79.0 Å². The Morgan fingerprint density at radius 3 is 2.38 bits per heavy atom. The number of unbranched alkanes of at least 4 members (excludes halogenated alkanes) is 1. The molecule has 8 nitrogen and oxygen atoms in total. The average Bonchev–Trinajstić information content (AvgIpc) is 3.10. The molecule has 0 aromatic heterocycles. The van der Waals surface area contributed by atoms with Gasteiger partial charge in [0.2, 0.25) is 17.5 Å². The molecule has 2 aromatic carbocycles. The van der Waals surface area contributed by atoms with Gasteiger partial charge in [0, 0.05) is 55.9 Å². The number of rotatable bonds is 12. The molecule has 0 spiro atoms. The van der Waals surface area contributed by atoms with Crippen LogP contribution in [0.25, 0.3) is 0 Å². The van der Waals surface area contributed by atoms with Gasteiger partial charge in [-0.3, -0.25) is 19.0 Å². The highest BCUT2D eigenvalue weighted by Crippen LogP contribution is 2.39. The summed E-state index contributed by atoms with van der Waals surface area (Å²) in [5.41, 5.74) is 4.04. The van der Waals surface area contributed by atoms with E-state index in [9.17, 15) is 18.0 Å². The molecule has 1 atom stereocenters. The Labute approximate surface area is 231 Å². The molecular formula is C30H38N3O5S+. The fourth-order valence-electron chi connectivity index (χ4n) is 4.63. The first-order chi connectivity index (χ1) is 18.4. The van der Waals surface area contributed by atoms with Crippen LogP contribution in [0.3, 0.4) is 0 Å². The van der Waals surface area contributed by atoms with E-state index in [4.69, 9.17) is 4.55 Å². The summed E-state index contributed by atoms with van der Waals surface area (Å²) >= 11 is 0. The molecule has 39 heavy (non-hydrogen) atoms. The zero-order chi connectivity index (χ0) is 28.6. The third-order valence-corrected chi connectivity index (χ3v) is 8.09. The minimum atomic E-state index is -4.17. The van der Waals surface area contributed by atoms with Gasteiger partial charge in [0.15, 0.2) is 5.71 Å². The average molecular weight is 553 g/mol. The summed E-state index contributed by atoms with van der Waals surface area (Å²) < 4.78 is 33.6. The molecular weight excluding hydrogens is 514 g/mol. The molecule has 0 radical (unpaired) electrons. The molecule has 0 bridgehead atoms. The van der Waals surface area contributed by atoms with Crippen LogP contribution in [0.2, 0.25) is 0 Å². The monoisotopic (exact) mass is 552 g/mol. The zero-order valence-electron chi connectivity index (χ0n) is 23.0. The molecule has 0 saturated heterocycles. The number of allylic oxidation sites excluding steroid dienone is 3. The summed E-state index contributed by atoms with van der Waals surface area (Å²) in [6.07, 6.45) is 9.29. The van der Waals surface area contributed by atoms with Gasteiger partial charge in [-0.1, -0.05) is 42.5 Å². The van der Waals surface area contributed by atoms with Crippen molar-refractivity contribution in [2.24, 2.45) is 0 Å². The van der Waals surface area contributed by atoms with E-state index in [1.165, 1.54) is 19.4 Å². The smallest absolute Gasteiger partial charge is 0.269 e. The van der Waals surface area contributed by atoms with Crippen LogP contribution in [0.5, 0.6) is 0 Å². The fraction of sp³-hybridized carbons (Fsp3) is 0.367. The number of carbonyl (C=O) groups excluding carboxylic acids is 2. The number of amides is 2. The second-order valence-corrected chi connectivity index (χ2v) is 12.0. The quantitative estimate of drug-likeness (QED) is 0.171. The van der Waals surface area contributed by atoms with Crippen LogP contribution in [-0.4, -0.2) is 53.4 Å². The number of nitrogens with zero attached hydrogens (tertiary/aromatic N) is 2. The van der Waals surface area contributed by atoms with E-state index < -0.39 is 15.4 Å². The van der Waals surface area contributed by atoms with Crippen LogP contribution in [0.4, 0.5) is 11.4 Å². The standard InChI is InChI=1S/C30H37N3O5S/c1-23(39(36,37)38)22-31-29(35)19-11-13-21-33-27-17-9-8-16-26(27)30(3,4)28(33)18-10-12-20-32(24(2)34)25-14-6-5-7-15-25/h5-10,12,14-18,20,23H,11,13,19,21-22H2,1-4H3,(H-,31,35,36,37,38)/p+1. The summed E-state index contributed by atoms with van der Waals surface area (Å²) in [4.78, 5) is 25.9. The summed E-state index contributed by atoms with van der Waals surface area (Å²) in [6.45, 7) is 7.84. The Kier molecular flexibility index (Phi) is 9.99. The van der Waals surface area contributed by atoms with Gasteiger partial charge >= 0.3 is 0 Å². The second kappa shape index (κ2) is 13.0. The maximum atomic E-state index is 12.2. The van der Waals surface area contributed by atoms with Gasteiger partial charge < -0.3 is 5.32 Å². The van der Waals surface area contributed by atoms with Crippen molar-refractivity contribution >= 4 is 39.0 Å². The largest absolute Gasteiger partial charge is 0.355 e. The van der Waals surface area contributed by atoms with E-state index in [0.29, 0.717) is 13.0 Å². The summed E-state index contributed by atoms with van der Waals surface area (Å²) in [5.74, 6) is -0.319. The van der Waals surface area contributed by atoms with Crippen LogP contribution >= 0.6 is 0 Å². The van der Waals surface area contributed by atoms with E-state index in [-0.39, 0.29) is 30.2 Å². The van der Waals surface area contributed by atoms with Crippen LogP contribution in [0, 0.1) is 0 Å². The number of anilines is 1. The second-order valence-electron chi connectivity index (χ2n) is 10.2. The predicted molar refractivity (Wildman–Crippen MR) is 155 cm³/mol. The van der Waals surface area contributed by atoms with E-state index in [1.54, 1.807) is 11.1 Å². The van der Waals surface area contributed by atoms with E-state index in [0.717, 1.165) is 23.5 Å². The number of fused-ring (bicyclic) bond motifs is 1. The number of hydrogen-bond donors (Lipinski definition) is 2. The van der Waals surface area contributed by atoms with E-state index in [2.05, 4.69) is 41.9 Å². The van der Waals surface area contributed by atoms with Gasteiger partial charge in [-0.05, 0) is 45.4 Å². The maximum absolute atomic E-state index is 12.2. The van der Waals surface area contributed by atoms with Crippen molar-refractivity contribution in [3.05, 3.63) is 84.6 Å². The highest BCUT2D eigenvalue weighted by molar-refractivity contribution is 7.86. The van der Waals surface area contributed by atoms with E-state index in [1.807, 2.05) is 54.6 Å². The summed E-state index contributed by atoms with van der Waals surface area (Å²) in [5, 5.41) is 1.53. The van der Waals surface area contributed by atoms with Gasteiger partial charge in [0.25, 0.3) is 10.1 Å². The van der Waals surface area contributed by atoms with Crippen molar-refractivity contribution in [1.29, 1.82) is 0 Å². The molecule has 1 heterocycles. The van der Waals surface area contributed by atoms with Crippen LogP contribution in [-0.2, 0) is 25.1 Å². The molecule has 0 fully saturated rings. The summed E-state index contributed by atoms with van der Waals surface area (Å²) in [6, 6.07) is 17.8. The van der Waals surface area contributed by atoms with Crippen molar-refractivity contribution in [2.45, 2.75) is 57.6 Å². The number of benzene rings is 2. The predicted octanol–water partition coefficient (Wildman–Crippen LogP) is 4.75. The Morgan fingerprint density at radius 2 is 1.72 bits per heavy atom. The lowest BCUT2D eigenvalue weighted by Gasteiger charge is -2.16. The van der Waals surface area contributed by atoms with Crippen molar-refractivity contribution in [3.8, 4) is 0 Å². The molecule has 0 aliphatic carbocycles. The lowest BCUT2D eigenvalue weighted by molar-refractivity contribution is -0.438. The first kappa shape index (κ1) is 30.0. The first-order valence-electron chi connectivity index (χ1n) is 13.1. The number of carbonyl (C=O) groups is 2. The molecule has 2 N–H and O–H groups in total. The molecule has 2 aromatic rings. The van der Waals surface area contributed by atoms with Crippen LogP contribution in [0.1, 0.15) is 52.5 Å². The topological polar surface area (TPSA) is 107 Å². The Bertz CT molecular complexity index is 1380. The third-order valence-electron chi connectivity index (χ3n) is 6.90. The summed E-state index contributed by atoms with van der Waals surface area (Å²) in [7, 11) is -4.17. The number of para-hydroxylation sites is 2. The van der Waals surface area contributed by atoms with Gasteiger partial charge in [0.1, 0.15) is 11.8 Å². The first-order valence-corrected chi connectivity index (χ1v) is 14.6. The highest BCUT2D eigenvalue weighted by Gasteiger charge is 2.43. The Morgan fingerprint density at radius 1 is 1.05 bits per heavy atom. The molecule has 3 rings (SSSR count). The van der Waals surface area contributed by atoms with Gasteiger partial charge in [0.05, 0.1) is 5.41 Å². The Balaban J connectivity index is 1.71. The minimum absolute atomic E-state index is 0.0785. The van der Waals surface area contributed by atoms with Gasteiger partial charge in [-0.2, -0.15) is 13.0 Å². The molecule has 1 aliphatic rings. The van der Waals surface area contributed by atoms with Crippen LogP contribution < -0.4 is 10.2 Å². The normalized spacial score (nSPS) is 15.5. The number of hydrogen-bond acceptors (Lipinski definition) is 4. The third kappa shape index (κ3) is 7.74. The maximum Gasteiger partial charge on any atom is 0.269 e. The molecule has 9 heteroatoms. The van der Waals surface area contributed by atoms with Crippen molar-refractivity contribution in [3.63, 3.8) is 0 Å². The van der Waals surface area contributed by atoms with Crippen molar-refractivity contribution < 1.29 is 27.1 Å². The number of nitrogens with one attached hydrogen (secondary N) is 1. The van der Waals surface area contributed by atoms with Gasteiger partial charge in [-0.15, -0.1) is 0 Å². The minimum Gasteiger partial charge on any atom is -0.355 e. The molecule has 1 unspecified atom stereocenters. The lowest BCUT2D eigenvalue weighted by Crippen LogP contribution is -2.34. The highest BCUT2D eigenvalue weighted by atomic mass is 32.2. The molecule has 0 saturated carbocycles. The fourth-order valence-corrected chi connectivity index (χ4v) is 4.93. The molecule has 208 valence electrons. The van der Waals surface area contributed by atoms with Gasteiger partial charge in [-0.25, -0.2) is 0 Å². The lowest BCUT2D eigenvalue weighted by atomic mass is 9.81. The zero-order valence-corrected chi connectivity index (χ0v) is 23.8. The Hall–Kier alpha value is -3.56. The molecule has 2 amide bonds. The van der Waals surface area contributed by atoms with Crippen molar-refractivity contribution in [2.75, 3.05) is 18.0 Å². The SMILES string of the molecule is CC(=O)N(/C=C/C=C/C1=[N+](CCCCC(=O)NCC(C)S(=O)(=O)O)c2ccccc2C1(C)C)c1ccccc1. The van der Waals surface area contributed by atoms with E-state index >= 15 is 0 Å². The molecule has 1 aliphatic heterocycles. The van der Waals surface area contributed by atoms with Crippen molar-refractivity contribution in [1.82, 2.24) is 5.32 Å².